The predicted octanol–water partition coefficient (Wildman–Crippen LogP) is 2.66. The molecule has 0 spiro atoms. The Bertz CT molecular complexity index is 581. The lowest BCUT2D eigenvalue weighted by atomic mass is 9.99. The van der Waals surface area contributed by atoms with Crippen molar-refractivity contribution in [2.24, 2.45) is 5.92 Å². The summed E-state index contributed by atoms with van der Waals surface area (Å²) in [5, 5.41) is 0. The maximum atomic E-state index is 13.8. The van der Waals surface area contributed by atoms with Crippen molar-refractivity contribution in [1.29, 1.82) is 0 Å². The number of halogens is 1. The molecule has 0 aromatic carbocycles. The smallest absolute Gasteiger partial charge is 0.257 e. The number of aromatic nitrogens is 1. The number of pyridine rings is 1. The summed E-state index contributed by atoms with van der Waals surface area (Å²) in [5.74, 6) is -0.320. The second-order valence-electron chi connectivity index (χ2n) is 7.02. The van der Waals surface area contributed by atoms with Crippen molar-refractivity contribution in [3.05, 3.63) is 29.8 Å². The Hall–Kier alpha value is -1.53. The second-order valence-corrected chi connectivity index (χ2v) is 7.02. The van der Waals surface area contributed by atoms with Crippen LogP contribution in [0.25, 0.3) is 0 Å². The summed E-state index contributed by atoms with van der Waals surface area (Å²) >= 11 is 0. The molecule has 0 aliphatic carbocycles. The second kappa shape index (κ2) is 7.57. The minimum Gasteiger partial charge on any atom is -0.378 e. The topological polar surface area (TPSA) is 51.7 Å². The van der Waals surface area contributed by atoms with Gasteiger partial charge in [-0.2, -0.15) is 0 Å². The average Bonchev–Trinajstić information content (AvgIpc) is 2.97. The van der Waals surface area contributed by atoms with Crippen LogP contribution in [-0.4, -0.2) is 53.8 Å². The molecule has 2 saturated heterocycles. The highest BCUT2D eigenvalue weighted by molar-refractivity contribution is 5.94. The molecule has 3 rings (SSSR count). The van der Waals surface area contributed by atoms with Crippen molar-refractivity contribution >= 4 is 5.91 Å². The van der Waals surface area contributed by atoms with E-state index >= 15 is 0 Å². The average molecular weight is 336 g/mol. The van der Waals surface area contributed by atoms with Gasteiger partial charge in [-0.3, -0.25) is 9.78 Å². The first-order chi connectivity index (χ1) is 11.6. The normalized spacial score (nSPS) is 26.7. The zero-order valence-corrected chi connectivity index (χ0v) is 14.3. The zero-order chi connectivity index (χ0) is 17.1. The standard InChI is InChI=1S/C18H25FN2O3/c1-12(2)10-23-11-13-3-4-16-17(24-13)6-8-21(16)18(22)14-5-7-20-9-15(14)19/h5,7,9,12-13,16-17H,3-4,6,8,10-11H2,1-2H3/t13-,16+,17+/m0/s1. The van der Waals surface area contributed by atoms with Crippen LogP contribution in [0.3, 0.4) is 0 Å². The van der Waals surface area contributed by atoms with Crippen LogP contribution in [0.15, 0.2) is 18.5 Å². The minimum atomic E-state index is -0.567. The summed E-state index contributed by atoms with van der Waals surface area (Å²) in [6.45, 7) is 6.19. The van der Waals surface area contributed by atoms with Gasteiger partial charge in [0.1, 0.15) is 0 Å². The number of hydrogen-bond donors (Lipinski definition) is 0. The van der Waals surface area contributed by atoms with Gasteiger partial charge in [0, 0.05) is 19.3 Å². The van der Waals surface area contributed by atoms with Gasteiger partial charge in [0.15, 0.2) is 5.82 Å². The number of ether oxygens (including phenoxy) is 2. The Kier molecular flexibility index (Phi) is 5.46. The summed E-state index contributed by atoms with van der Waals surface area (Å²) in [6.07, 6.45) is 5.19. The molecule has 6 heteroatoms. The highest BCUT2D eigenvalue weighted by Crippen LogP contribution is 2.32. The monoisotopic (exact) mass is 336 g/mol. The first-order valence-electron chi connectivity index (χ1n) is 8.70. The van der Waals surface area contributed by atoms with Crippen LogP contribution in [0.5, 0.6) is 0 Å². The number of hydrogen-bond acceptors (Lipinski definition) is 4. The third-order valence-electron chi connectivity index (χ3n) is 4.65. The quantitative estimate of drug-likeness (QED) is 0.829. The van der Waals surface area contributed by atoms with Gasteiger partial charge in [-0.25, -0.2) is 4.39 Å². The van der Waals surface area contributed by atoms with Gasteiger partial charge in [0.2, 0.25) is 0 Å². The van der Waals surface area contributed by atoms with Crippen LogP contribution in [-0.2, 0) is 9.47 Å². The molecule has 1 aromatic rings. The van der Waals surface area contributed by atoms with Gasteiger partial charge in [-0.15, -0.1) is 0 Å². The van der Waals surface area contributed by atoms with Gasteiger partial charge >= 0.3 is 0 Å². The maximum Gasteiger partial charge on any atom is 0.257 e. The van der Waals surface area contributed by atoms with Crippen LogP contribution in [0, 0.1) is 11.7 Å². The lowest BCUT2D eigenvalue weighted by Gasteiger charge is -2.36. The van der Waals surface area contributed by atoms with Crippen molar-refractivity contribution in [1.82, 2.24) is 9.88 Å². The number of carbonyl (C=O) groups is 1. The molecule has 1 amide bonds. The van der Waals surface area contributed by atoms with Crippen molar-refractivity contribution in [3.63, 3.8) is 0 Å². The number of nitrogens with zero attached hydrogens (tertiary/aromatic N) is 2. The fourth-order valence-corrected chi connectivity index (χ4v) is 3.51. The van der Waals surface area contributed by atoms with Crippen LogP contribution in [0.2, 0.25) is 0 Å². The molecule has 2 fully saturated rings. The fraction of sp³-hybridized carbons (Fsp3) is 0.667. The Balaban J connectivity index is 1.58. The Morgan fingerprint density at radius 3 is 3.04 bits per heavy atom. The number of fused-ring (bicyclic) bond motifs is 1. The SMILES string of the molecule is CC(C)COC[C@@H]1CC[C@@H]2[C@@H](CCN2C(=O)c2ccncc2F)O1. The van der Waals surface area contributed by atoms with E-state index in [0.29, 0.717) is 19.1 Å². The molecular weight excluding hydrogens is 311 g/mol. The number of rotatable bonds is 5. The summed E-state index contributed by atoms with van der Waals surface area (Å²) in [4.78, 5) is 18.1. The number of carbonyl (C=O) groups excluding carboxylic acids is 1. The van der Waals surface area contributed by atoms with Crippen LogP contribution in [0.1, 0.15) is 43.5 Å². The van der Waals surface area contributed by atoms with Crippen LogP contribution < -0.4 is 0 Å². The van der Waals surface area contributed by atoms with E-state index in [1.807, 2.05) is 0 Å². The molecule has 0 radical (unpaired) electrons. The number of amides is 1. The third kappa shape index (κ3) is 3.75. The molecule has 0 unspecified atom stereocenters. The lowest BCUT2D eigenvalue weighted by Crippen LogP contribution is -2.46. The molecule has 0 saturated carbocycles. The van der Waals surface area contributed by atoms with Gasteiger partial charge in [-0.05, 0) is 31.2 Å². The first kappa shape index (κ1) is 17.3. The van der Waals surface area contributed by atoms with Crippen LogP contribution in [0.4, 0.5) is 4.39 Å². The molecule has 5 nitrogen and oxygen atoms in total. The molecule has 3 atom stereocenters. The molecular formula is C18H25FN2O3. The van der Waals surface area contributed by atoms with Crippen molar-refractivity contribution in [3.8, 4) is 0 Å². The minimum absolute atomic E-state index is 0.0280. The van der Waals surface area contributed by atoms with E-state index in [-0.39, 0.29) is 29.7 Å². The molecule has 2 aliphatic heterocycles. The summed E-state index contributed by atoms with van der Waals surface area (Å²) in [7, 11) is 0. The van der Waals surface area contributed by atoms with E-state index in [2.05, 4.69) is 18.8 Å². The summed E-state index contributed by atoms with van der Waals surface area (Å²) in [5.41, 5.74) is 0.0908. The van der Waals surface area contributed by atoms with Crippen LogP contribution >= 0.6 is 0 Å². The number of likely N-dealkylation sites (tertiary alicyclic amines) is 1. The largest absolute Gasteiger partial charge is 0.378 e. The predicted molar refractivity (Wildman–Crippen MR) is 87.2 cm³/mol. The summed E-state index contributed by atoms with van der Waals surface area (Å²) < 4.78 is 25.6. The first-order valence-corrected chi connectivity index (χ1v) is 8.70. The van der Waals surface area contributed by atoms with E-state index in [0.717, 1.165) is 32.1 Å². The van der Waals surface area contributed by atoms with E-state index < -0.39 is 5.82 Å². The molecule has 1 aromatic heterocycles. The van der Waals surface area contributed by atoms with Crippen molar-refractivity contribution in [2.45, 2.75) is 51.4 Å². The fourth-order valence-electron chi connectivity index (χ4n) is 3.51. The van der Waals surface area contributed by atoms with E-state index in [9.17, 15) is 9.18 Å². The Labute approximate surface area is 142 Å². The van der Waals surface area contributed by atoms with Gasteiger partial charge in [-0.1, -0.05) is 13.8 Å². The van der Waals surface area contributed by atoms with Gasteiger partial charge < -0.3 is 14.4 Å². The van der Waals surface area contributed by atoms with Gasteiger partial charge in [0.05, 0.1) is 36.6 Å². The third-order valence-corrected chi connectivity index (χ3v) is 4.65. The van der Waals surface area contributed by atoms with Crippen molar-refractivity contribution < 1.29 is 18.7 Å². The zero-order valence-electron chi connectivity index (χ0n) is 14.3. The van der Waals surface area contributed by atoms with Gasteiger partial charge in [0.25, 0.3) is 5.91 Å². The van der Waals surface area contributed by atoms with E-state index in [1.54, 1.807) is 4.90 Å². The molecule has 132 valence electrons. The van der Waals surface area contributed by atoms with E-state index in [1.165, 1.54) is 12.3 Å². The highest BCUT2D eigenvalue weighted by Gasteiger charge is 2.42. The molecule has 3 heterocycles. The Morgan fingerprint density at radius 1 is 1.46 bits per heavy atom. The molecule has 2 aliphatic rings. The maximum absolute atomic E-state index is 13.8. The van der Waals surface area contributed by atoms with Crippen molar-refractivity contribution in [2.75, 3.05) is 19.8 Å². The molecule has 0 bridgehead atoms. The molecule has 0 N–H and O–H groups in total. The lowest BCUT2D eigenvalue weighted by molar-refractivity contribution is -0.0985. The summed E-state index contributed by atoms with van der Waals surface area (Å²) in [6, 6.07) is 1.48. The molecule has 24 heavy (non-hydrogen) atoms. The highest BCUT2D eigenvalue weighted by atomic mass is 19.1. The van der Waals surface area contributed by atoms with E-state index in [4.69, 9.17) is 9.47 Å². The Morgan fingerprint density at radius 2 is 2.29 bits per heavy atom.